The lowest BCUT2D eigenvalue weighted by Crippen LogP contribution is -2.26. The molecule has 148 valence electrons. The Morgan fingerprint density at radius 2 is 2.21 bits per heavy atom. The molecule has 1 aromatic heterocycles. The monoisotopic (exact) mass is 382 g/mol. The van der Waals surface area contributed by atoms with Gasteiger partial charge in [-0.3, -0.25) is 9.59 Å². The quantitative estimate of drug-likeness (QED) is 0.470. The first-order valence-corrected chi connectivity index (χ1v) is 9.36. The Bertz CT molecular complexity index is 853. The first-order valence-electron chi connectivity index (χ1n) is 9.36. The predicted molar refractivity (Wildman–Crippen MR) is 105 cm³/mol. The lowest BCUT2D eigenvalue weighted by molar-refractivity contribution is -0.144. The third-order valence-corrected chi connectivity index (χ3v) is 4.81. The number of nitrogens with one attached hydrogen (secondary N) is 2. The van der Waals surface area contributed by atoms with E-state index in [-0.39, 0.29) is 18.1 Å². The van der Waals surface area contributed by atoms with Crippen LogP contribution in [-0.4, -0.2) is 33.5 Å². The first-order chi connectivity index (χ1) is 13.3. The number of aliphatic carboxylic acids is 1. The summed E-state index contributed by atoms with van der Waals surface area (Å²) in [6, 6.07) is 1.85. The predicted octanol–water partition coefficient (Wildman–Crippen LogP) is 3.50. The zero-order valence-electron chi connectivity index (χ0n) is 16.3. The van der Waals surface area contributed by atoms with Crippen LogP contribution in [0.5, 0.6) is 0 Å². The van der Waals surface area contributed by atoms with Crippen molar-refractivity contribution in [3.8, 4) is 6.07 Å². The average molecular weight is 382 g/mol. The number of nitriles is 1. The standard InChI is InChI=1S/C21H26N4O3/c1-21(2,20(27)28)16(11-10-15-7-4-3-5-8-15)9-6-12-23-19(26)18-24-14-17(13-22)25-18/h6-7,9,11,14H,3-5,8,10,12H2,1-2H3,(H,23,26)(H,24,25)(H,27,28)/b9-6-,16-11+. The topological polar surface area (TPSA) is 119 Å². The van der Waals surface area contributed by atoms with Crippen molar-refractivity contribution >= 4 is 11.9 Å². The molecule has 7 nitrogen and oxygen atoms in total. The number of hydrogen-bond donors (Lipinski definition) is 3. The van der Waals surface area contributed by atoms with E-state index in [1.54, 1.807) is 26.0 Å². The molecular formula is C21H26N4O3. The van der Waals surface area contributed by atoms with E-state index < -0.39 is 17.3 Å². The molecule has 1 heterocycles. The maximum absolute atomic E-state index is 12.0. The number of rotatable bonds is 8. The van der Waals surface area contributed by atoms with E-state index in [4.69, 9.17) is 5.26 Å². The smallest absolute Gasteiger partial charge is 0.313 e. The molecule has 0 spiro atoms. The summed E-state index contributed by atoms with van der Waals surface area (Å²) in [5.41, 5.74) is 1.16. The molecule has 0 fully saturated rings. The molecule has 1 aliphatic carbocycles. The van der Waals surface area contributed by atoms with Gasteiger partial charge in [0.1, 0.15) is 6.07 Å². The molecule has 0 atom stereocenters. The second kappa shape index (κ2) is 9.70. The van der Waals surface area contributed by atoms with Gasteiger partial charge in [0.05, 0.1) is 5.41 Å². The Labute approximate surface area is 164 Å². The SMILES string of the molecule is CC(C)(C(=O)O)C(/C=C\CNC(=O)c1nc(C#N)c[nH]1)=C/CC1=CCCCC1. The highest BCUT2D eigenvalue weighted by molar-refractivity contribution is 5.90. The van der Waals surface area contributed by atoms with Gasteiger partial charge in [0.15, 0.2) is 11.5 Å². The van der Waals surface area contributed by atoms with Crippen LogP contribution in [0.2, 0.25) is 0 Å². The van der Waals surface area contributed by atoms with Crippen molar-refractivity contribution < 1.29 is 14.7 Å². The maximum Gasteiger partial charge on any atom is 0.313 e. The van der Waals surface area contributed by atoms with E-state index in [0.29, 0.717) is 5.57 Å². The largest absolute Gasteiger partial charge is 0.481 e. The molecule has 0 aromatic carbocycles. The maximum atomic E-state index is 12.0. The van der Waals surface area contributed by atoms with Crippen molar-refractivity contribution in [2.45, 2.75) is 46.0 Å². The number of aromatic amines is 1. The van der Waals surface area contributed by atoms with Gasteiger partial charge in [0.2, 0.25) is 0 Å². The van der Waals surface area contributed by atoms with Crippen LogP contribution in [0.4, 0.5) is 0 Å². The van der Waals surface area contributed by atoms with E-state index in [0.717, 1.165) is 19.3 Å². The van der Waals surface area contributed by atoms with Crippen LogP contribution in [0.1, 0.15) is 62.3 Å². The molecule has 0 aliphatic heterocycles. The number of carbonyl (C=O) groups is 2. The van der Waals surface area contributed by atoms with Crippen LogP contribution in [0.3, 0.4) is 0 Å². The minimum absolute atomic E-state index is 0.0656. The molecule has 3 N–H and O–H groups in total. The van der Waals surface area contributed by atoms with Gasteiger partial charge in [-0.15, -0.1) is 0 Å². The molecular weight excluding hydrogens is 356 g/mol. The van der Waals surface area contributed by atoms with E-state index >= 15 is 0 Å². The van der Waals surface area contributed by atoms with Crippen LogP contribution in [0.25, 0.3) is 0 Å². The summed E-state index contributed by atoms with van der Waals surface area (Å²) in [6.45, 7) is 3.56. The zero-order valence-corrected chi connectivity index (χ0v) is 16.3. The van der Waals surface area contributed by atoms with Crippen molar-refractivity contribution in [1.29, 1.82) is 5.26 Å². The summed E-state index contributed by atoms with van der Waals surface area (Å²) >= 11 is 0. The molecule has 0 radical (unpaired) electrons. The van der Waals surface area contributed by atoms with E-state index in [2.05, 4.69) is 21.4 Å². The fourth-order valence-electron chi connectivity index (χ4n) is 2.90. The van der Waals surface area contributed by atoms with Crippen molar-refractivity contribution in [1.82, 2.24) is 15.3 Å². The van der Waals surface area contributed by atoms with Gasteiger partial charge in [-0.25, -0.2) is 4.98 Å². The Kier molecular flexibility index (Phi) is 7.33. The number of carbonyl (C=O) groups excluding carboxylic acids is 1. The molecule has 2 rings (SSSR count). The van der Waals surface area contributed by atoms with Gasteiger partial charge in [-0.05, 0) is 51.5 Å². The molecule has 0 bridgehead atoms. The first kappa shape index (κ1) is 21.2. The van der Waals surface area contributed by atoms with Crippen LogP contribution in [-0.2, 0) is 4.79 Å². The number of hydrogen-bond acceptors (Lipinski definition) is 4. The molecule has 1 aliphatic rings. The van der Waals surface area contributed by atoms with Crippen molar-refractivity contribution in [2.24, 2.45) is 5.41 Å². The summed E-state index contributed by atoms with van der Waals surface area (Å²) in [5.74, 6) is -1.26. The molecule has 1 amide bonds. The molecule has 0 saturated heterocycles. The minimum atomic E-state index is -1.03. The number of aromatic nitrogens is 2. The average Bonchev–Trinajstić information content (AvgIpc) is 3.17. The molecule has 1 aromatic rings. The van der Waals surface area contributed by atoms with Gasteiger partial charge < -0.3 is 15.4 Å². The minimum Gasteiger partial charge on any atom is -0.481 e. The fraction of sp³-hybridized carbons (Fsp3) is 0.429. The lowest BCUT2D eigenvalue weighted by atomic mass is 9.82. The lowest BCUT2D eigenvalue weighted by Gasteiger charge is -2.22. The number of allylic oxidation sites excluding steroid dienone is 4. The highest BCUT2D eigenvalue weighted by atomic mass is 16.4. The summed E-state index contributed by atoms with van der Waals surface area (Å²) in [6.07, 6.45) is 14.3. The molecule has 0 saturated carbocycles. The summed E-state index contributed by atoms with van der Waals surface area (Å²) in [5, 5.41) is 21.0. The molecule has 7 heteroatoms. The highest BCUT2D eigenvalue weighted by Gasteiger charge is 2.30. The Hall–Kier alpha value is -3.14. The fourth-order valence-corrected chi connectivity index (χ4v) is 2.90. The van der Waals surface area contributed by atoms with Crippen LogP contribution >= 0.6 is 0 Å². The number of carboxylic acids is 1. The number of H-pyrrole nitrogens is 1. The summed E-state index contributed by atoms with van der Waals surface area (Å²) in [4.78, 5) is 30.1. The van der Waals surface area contributed by atoms with Crippen LogP contribution < -0.4 is 5.32 Å². The third-order valence-electron chi connectivity index (χ3n) is 4.81. The Morgan fingerprint density at radius 3 is 2.82 bits per heavy atom. The van der Waals surface area contributed by atoms with E-state index in [1.807, 2.05) is 12.1 Å². The summed E-state index contributed by atoms with van der Waals surface area (Å²) in [7, 11) is 0. The number of nitrogens with zero attached hydrogens (tertiary/aromatic N) is 2. The third kappa shape index (κ3) is 5.68. The summed E-state index contributed by atoms with van der Waals surface area (Å²) < 4.78 is 0. The second-order valence-corrected chi connectivity index (χ2v) is 7.26. The van der Waals surface area contributed by atoms with Crippen LogP contribution in [0.15, 0.2) is 41.6 Å². The van der Waals surface area contributed by atoms with Crippen molar-refractivity contribution in [3.05, 3.63) is 53.2 Å². The van der Waals surface area contributed by atoms with Gasteiger partial charge in [0, 0.05) is 12.7 Å². The van der Waals surface area contributed by atoms with Gasteiger partial charge in [-0.1, -0.05) is 29.9 Å². The van der Waals surface area contributed by atoms with Crippen LogP contribution in [0, 0.1) is 16.7 Å². The number of carboxylic acid groups (broad SMARTS) is 1. The van der Waals surface area contributed by atoms with Gasteiger partial charge in [-0.2, -0.15) is 5.26 Å². The van der Waals surface area contributed by atoms with Gasteiger partial charge in [0.25, 0.3) is 5.91 Å². The van der Waals surface area contributed by atoms with E-state index in [1.165, 1.54) is 24.6 Å². The van der Waals surface area contributed by atoms with Gasteiger partial charge >= 0.3 is 5.97 Å². The molecule has 0 unspecified atom stereocenters. The van der Waals surface area contributed by atoms with E-state index in [9.17, 15) is 14.7 Å². The number of imidazole rings is 1. The second-order valence-electron chi connectivity index (χ2n) is 7.26. The Balaban J connectivity index is 2.02. The van der Waals surface area contributed by atoms with Crippen molar-refractivity contribution in [3.63, 3.8) is 0 Å². The normalized spacial score (nSPS) is 15.2. The Morgan fingerprint density at radius 1 is 1.43 bits per heavy atom. The highest BCUT2D eigenvalue weighted by Crippen LogP contribution is 2.30. The van der Waals surface area contributed by atoms with Crippen molar-refractivity contribution in [2.75, 3.05) is 6.54 Å². The molecule has 28 heavy (non-hydrogen) atoms. The zero-order chi connectivity index (χ0) is 20.6. The number of amides is 1.